The molecule has 0 aromatic carbocycles. The molecule has 0 fully saturated rings. The van der Waals surface area contributed by atoms with Crippen molar-refractivity contribution in [1.29, 1.82) is 0 Å². The molecule has 1 aromatic heterocycles. The average molecular weight is 169 g/mol. The number of aromatic nitrogens is 1. The lowest BCUT2D eigenvalue weighted by Gasteiger charge is -2.08. The van der Waals surface area contributed by atoms with Crippen LogP contribution in [0.1, 0.15) is 19.4 Å². The van der Waals surface area contributed by atoms with E-state index in [9.17, 15) is 4.39 Å². The summed E-state index contributed by atoms with van der Waals surface area (Å²) in [7, 11) is 0. The van der Waals surface area contributed by atoms with E-state index in [2.05, 4.69) is 4.98 Å². The fraction of sp³-hybridized carbons (Fsp3) is 0.444. The van der Waals surface area contributed by atoms with Crippen molar-refractivity contribution in [3.8, 4) is 5.88 Å². The summed E-state index contributed by atoms with van der Waals surface area (Å²) in [5, 5.41) is 0. The Morgan fingerprint density at radius 2 is 2.17 bits per heavy atom. The molecule has 0 aliphatic rings. The van der Waals surface area contributed by atoms with E-state index in [-0.39, 0.29) is 11.9 Å². The molecule has 1 rings (SSSR count). The third-order valence-electron chi connectivity index (χ3n) is 1.38. The number of rotatable bonds is 2. The molecule has 0 saturated heterocycles. The number of hydrogen-bond acceptors (Lipinski definition) is 2. The highest BCUT2D eigenvalue weighted by molar-refractivity contribution is 5.20. The molecule has 2 nitrogen and oxygen atoms in total. The molecular weight excluding hydrogens is 157 g/mol. The standard InChI is InChI=1S/C9H12FNO/c1-6(2)12-9-4-7(3)8(10)5-11-9/h4-6H,1-3H3. The minimum absolute atomic E-state index is 0.0716. The summed E-state index contributed by atoms with van der Waals surface area (Å²) in [6, 6.07) is 1.59. The Labute approximate surface area is 71.4 Å². The first-order chi connectivity index (χ1) is 5.59. The predicted octanol–water partition coefficient (Wildman–Crippen LogP) is 2.32. The molecule has 0 N–H and O–H groups in total. The zero-order valence-corrected chi connectivity index (χ0v) is 7.47. The minimum atomic E-state index is -0.300. The van der Waals surface area contributed by atoms with E-state index in [1.165, 1.54) is 6.20 Å². The maximum absolute atomic E-state index is 12.7. The van der Waals surface area contributed by atoms with Gasteiger partial charge in [0.15, 0.2) is 0 Å². The molecule has 1 aromatic rings. The molecule has 0 unspecified atom stereocenters. The van der Waals surface area contributed by atoms with E-state index < -0.39 is 0 Å². The molecule has 0 radical (unpaired) electrons. The molecule has 0 atom stereocenters. The zero-order chi connectivity index (χ0) is 9.14. The Kier molecular flexibility index (Phi) is 2.63. The lowest BCUT2D eigenvalue weighted by molar-refractivity contribution is 0.232. The van der Waals surface area contributed by atoms with Gasteiger partial charge < -0.3 is 4.74 Å². The van der Waals surface area contributed by atoms with Crippen molar-refractivity contribution in [2.24, 2.45) is 0 Å². The lowest BCUT2D eigenvalue weighted by atomic mass is 10.3. The van der Waals surface area contributed by atoms with E-state index in [4.69, 9.17) is 4.74 Å². The van der Waals surface area contributed by atoms with Crippen molar-refractivity contribution in [3.05, 3.63) is 23.6 Å². The first-order valence-corrected chi connectivity index (χ1v) is 3.88. The van der Waals surface area contributed by atoms with Gasteiger partial charge in [-0.05, 0) is 26.3 Å². The van der Waals surface area contributed by atoms with Gasteiger partial charge in [0.1, 0.15) is 5.82 Å². The molecule has 0 bridgehead atoms. The van der Waals surface area contributed by atoms with Gasteiger partial charge in [-0.1, -0.05) is 0 Å². The normalized spacial score (nSPS) is 10.4. The van der Waals surface area contributed by atoms with E-state index in [0.29, 0.717) is 11.4 Å². The number of pyridine rings is 1. The van der Waals surface area contributed by atoms with E-state index in [1.54, 1.807) is 13.0 Å². The van der Waals surface area contributed by atoms with Gasteiger partial charge in [0.05, 0.1) is 12.3 Å². The Bertz CT molecular complexity index is 273. The van der Waals surface area contributed by atoms with E-state index in [0.717, 1.165) is 0 Å². The van der Waals surface area contributed by atoms with Crippen LogP contribution < -0.4 is 4.74 Å². The molecule has 0 aliphatic carbocycles. The minimum Gasteiger partial charge on any atom is -0.475 e. The fourth-order valence-electron chi connectivity index (χ4n) is 0.819. The Morgan fingerprint density at radius 1 is 1.50 bits per heavy atom. The number of aryl methyl sites for hydroxylation is 1. The molecule has 0 aliphatic heterocycles. The van der Waals surface area contributed by atoms with Crippen LogP contribution in [0.3, 0.4) is 0 Å². The Balaban J connectivity index is 2.82. The molecule has 0 saturated carbocycles. The van der Waals surface area contributed by atoms with Gasteiger partial charge in [0, 0.05) is 6.07 Å². The van der Waals surface area contributed by atoms with Crippen molar-refractivity contribution in [2.75, 3.05) is 0 Å². The van der Waals surface area contributed by atoms with E-state index >= 15 is 0 Å². The van der Waals surface area contributed by atoms with Crippen molar-refractivity contribution < 1.29 is 9.13 Å². The predicted molar refractivity (Wildman–Crippen MR) is 44.7 cm³/mol. The van der Waals surface area contributed by atoms with E-state index in [1.807, 2.05) is 13.8 Å². The van der Waals surface area contributed by atoms with Crippen molar-refractivity contribution >= 4 is 0 Å². The lowest BCUT2D eigenvalue weighted by Crippen LogP contribution is -2.07. The molecule has 0 spiro atoms. The average Bonchev–Trinajstić information content (AvgIpc) is 1.96. The van der Waals surface area contributed by atoms with Crippen LogP contribution in [0.15, 0.2) is 12.3 Å². The number of hydrogen-bond donors (Lipinski definition) is 0. The largest absolute Gasteiger partial charge is 0.475 e. The maximum atomic E-state index is 12.7. The zero-order valence-electron chi connectivity index (χ0n) is 7.47. The number of ether oxygens (including phenoxy) is 1. The van der Waals surface area contributed by atoms with Crippen LogP contribution in [-0.4, -0.2) is 11.1 Å². The van der Waals surface area contributed by atoms with Crippen LogP contribution in [0.4, 0.5) is 4.39 Å². The quantitative estimate of drug-likeness (QED) is 0.677. The summed E-state index contributed by atoms with van der Waals surface area (Å²) in [5.74, 6) is 0.176. The van der Waals surface area contributed by atoms with Crippen LogP contribution in [0.25, 0.3) is 0 Å². The highest BCUT2D eigenvalue weighted by atomic mass is 19.1. The smallest absolute Gasteiger partial charge is 0.213 e. The summed E-state index contributed by atoms with van der Waals surface area (Å²) >= 11 is 0. The fourth-order valence-corrected chi connectivity index (χ4v) is 0.819. The van der Waals surface area contributed by atoms with Crippen molar-refractivity contribution in [2.45, 2.75) is 26.9 Å². The molecule has 1 heterocycles. The van der Waals surface area contributed by atoms with Gasteiger partial charge in [-0.25, -0.2) is 9.37 Å². The van der Waals surface area contributed by atoms with Gasteiger partial charge in [0.25, 0.3) is 0 Å². The second-order valence-corrected chi connectivity index (χ2v) is 2.94. The first-order valence-electron chi connectivity index (χ1n) is 3.88. The van der Waals surface area contributed by atoms with Crippen LogP contribution in [0, 0.1) is 12.7 Å². The summed E-state index contributed by atoms with van der Waals surface area (Å²) < 4.78 is 18.0. The highest BCUT2D eigenvalue weighted by Crippen LogP contribution is 2.12. The maximum Gasteiger partial charge on any atom is 0.213 e. The van der Waals surface area contributed by atoms with Gasteiger partial charge in [-0.3, -0.25) is 0 Å². The molecular formula is C9H12FNO. The van der Waals surface area contributed by atoms with Gasteiger partial charge in [-0.2, -0.15) is 0 Å². The number of nitrogens with zero attached hydrogens (tertiary/aromatic N) is 1. The molecule has 0 amide bonds. The van der Waals surface area contributed by atoms with Crippen LogP contribution in [0.5, 0.6) is 5.88 Å². The molecule has 66 valence electrons. The second kappa shape index (κ2) is 3.52. The Hall–Kier alpha value is -1.12. The highest BCUT2D eigenvalue weighted by Gasteiger charge is 2.02. The second-order valence-electron chi connectivity index (χ2n) is 2.94. The van der Waals surface area contributed by atoms with Crippen molar-refractivity contribution in [3.63, 3.8) is 0 Å². The summed E-state index contributed by atoms with van der Waals surface area (Å²) in [4.78, 5) is 3.78. The van der Waals surface area contributed by atoms with Gasteiger partial charge >= 0.3 is 0 Å². The Morgan fingerprint density at radius 3 is 2.67 bits per heavy atom. The van der Waals surface area contributed by atoms with Crippen LogP contribution >= 0.6 is 0 Å². The van der Waals surface area contributed by atoms with Gasteiger partial charge in [0.2, 0.25) is 5.88 Å². The first kappa shape index (κ1) is 8.97. The molecule has 12 heavy (non-hydrogen) atoms. The number of halogens is 1. The third-order valence-corrected chi connectivity index (χ3v) is 1.38. The monoisotopic (exact) mass is 169 g/mol. The van der Waals surface area contributed by atoms with Crippen LogP contribution in [0.2, 0.25) is 0 Å². The summed E-state index contributed by atoms with van der Waals surface area (Å²) in [6.45, 7) is 5.49. The summed E-state index contributed by atoms with van der Waals surface area (Å²) in [5.41, 5.74) is 0.556. The molecule has 3 heteroatoms. The van der Waals surface area contributed by atoms with Gasteiger partial charge in [-0.15, -0.1) is 0 Å². The topological polar surface area (TPSA) is 22.1 Å². The third kappa shape index (κ3) is 2.19. The van der Waals surface area contributed by atoms with Crippen LogP contribution in [-0.2, 0) is 0 Å². The SMILES string of the molecule is Cc1cc(OC(C)C)ncc1F. The summed E-state index contributed by atoms with van der Waals surface area (Å²) in [6.07, 6.45) is 1.25. The van der Waals surface area contributed by atoms with Crippen molar-refractivity contribution in [1.82, 2.24) is 4.98 Å².